The summed E-state index contributed by atoms with van der Waals surface area (Å²) in [5.74, 6) is 0.349. The number of anilines is 1. The molecule has 42 heavy (non-hydrogen) atoms. The summed E-state index contributed by atoms with van der Waals surface area (Å²) in [6, 6.07) is 15.7. The maximum Gasteiger partial charge on any atom is 0.266 e. The number of oxazole rings is 1. The summed E-state index contributed by atoms with van der Waals surface area (Å²) in [5.41, 5.74) is 6.25. The highest BCUT2D eigenvalue weighted by atomic mass is 16.4. The molecule has 0 aliphatic carbocycles. The summed E-state index contributed by atoms with van der Waals surface area (Å²) in [6.07, 6.45) is 3.78. The third-order valence-corrected chi connectivity index (χ3v) is 7.90. The van der Waals surface area contributed by atoms with E-state index in [1.807, 2.05) is 76.2 Å². The van der Waals surface area contributed by atoms with Crippen molar-refractivity contribution in [2.75, 3.05) is 46.2 Å². The average molecular weight is 567 g/mol. The lowest BCUT2D eigenvalue weighted by Gasteiger charge is -2.28. The van der Waals surface area contributed by atoms with E-state index in [9.17, 15) is 9.59 Å². The minimum absolute atomic E-state index is 0.334. The Morgan fingerprint density at radius 3 is 1.76 bits per heavy atom. The fourth-order valence-corrected chi connectivity index (χ4v) is 5.43. The van der Waals surface area contributed by atoms with Gasteiger partial charge in [0.05, 0.1) is 45.0 Å². The number of likely N-dealkylation sites (N-methyl/N-ethyl adjacent to an activating group) is 2. The molecule has 0 unspecified atom stereocenters. The SMILES string of the molecule is C=CC[N+](C)(C)c1ccc(-c2nc(/C(C)=C3\C(=O)N(c4ccc([N+](C)(C)CC=C)cc4)C(=O)C3=C(C)C)c(C)o2)cc1. The molecule has 1 aliphatic rings. The summed E-state index contributed by atoms with van der Waals surface area (Å²) >= 11 is 0. The van der Waals surface area contributed by atoms with E-state index in [0.29, 0.717) is 48.7 Å². The van der Waals surface area contributed by atoms with Gasteiger partial charge >= 0.3 is 0 Å². The molecule has 1 fully saturated rings. The van der Waals surface area contributed by atoms with Gasteiger partial charge in [0.2, 0.25) is 5.89 Å². The fraction of sp³-hybridized carbons (Fsp3) is 0.286. The van der Waals surface area contributed by atoms with Crippen LogP contribution in [0.4, 0.5) is 17.1 Å². The normalized spacial score (nSPS) is 15.3. The van der Waals surface area contributed by atoms with E-state index in [2.05, 4.69) is 53.5 Å². The topological polar surface area (TPSA) is 63.4 Å². The number of carbonyl (C=O) groups excluding carboxylic acids is 2. The number of benzene rings is 2. The fourth-order valence-electron chi connectivity index (χ4n) is 5.43. The summed E-state index contributed by atoms with van der Waals surface area (Å²) in [6.45, 7) is 16.6. The van der Waals surface area contributed by atoms with Crippen LogP contribution in [-0.4, -0.2) is 58.1 Å². The Labute approximate surface area is 249 Å². The van der Waals surface area contributed by atoms with Crippen LogP contribution >= 0.6 is 0 Å². The second-order valence-corrected chi connectivity index (χ2v) is 12.1. The second kappa shape index (κ2) is 11.5. The molecule has 7 nitrogen and oxygen atoms in total. The summed E-state index contributed by atoms with van der Waals surface area (Å²) in [5, 5.41) is 0. The van der Waals surface area contributed by atoms with Crippen LogP contribution in [0.15, 0.2) is 95.0 Å². The van der Waals surface area contributed by atoms with Gasteiger partial charge in [-0.2, -0.15) is 0 Å². The average Bonchev–Trinajstić information content (AvgIpc) is 3.45. The van der Waals surface area contributed by atoms with Gasteiger partial charge < -0.3 is 4.42 Å². The standard InChI is InChI=1S/C35H42N4O3/c1-11-21-38(7,8)28-17-13-26(14-18-28)33-36-32(25(6)42-33)24(5)31-30(23(3)4)34(40)37(35(31)41)27-15-19-29(20-16-27)39(9,10)22-12-2/h11-20H,1-2,21-22H2,3-10H3/q+2/b31-24-. The molecule has 218 valence electrons. The summed E-state index contributed by atoms with van der Waals surface area (Å²) in [4.78, 5) is 33.7. The highest BCUT2D eigenvalue weighted by Crippen LogP contribution is 2.38. The largest absolute Gasteiger partial charge is 0.441 e. The minimum Gasteiger partial charge on any atom is -0.441 e. The Kier molecular flexibility index (Phi) is 8.39. The smallest absolute Gasteiger partial charge is 0.266 e. The van der Waals surface area contributed by atoms with Crippen molar-refractivity contribution in [1.29, 1.82) is 0 Å². The third-order valence-electron chi connectivity index (χ3n) is 7.90. The maximum atomic E-state index is 13.9. The number of rotatable bonds is 9. The number of amides is 2. The Morgan fingerprint density at radius 1 is 0.810 bits per heavy atom. The van der Waals surface area contributed by atoms with E-state index >= 15 is 0 Å². The van der Waals surface area contributed by atoms with Crippen molar-refractivity contribution in [2.45, 2.75) is 27.7 Å². The molecule has 4 rings (SSSR count). The Hall–Kier alpha value is -4.33. The van der Waals surface area contributed by atoms with E-state index in [1.165, 1.54) is 4.90 Å². The lowest BCUT2D eigenvalue weighted by atomic mass is 9.97. The zero-order valence-electron chi connectivity index (χ0n) is 26.1. The number of aryl methyl sites for hydroxylation is 1. The molecule has 0 atom stereocenters. The van der Waals surface area contributed by atoms with Crippen LogP contribution in [0.25, 0.3) is 17.0 Å². The number of carbonyl (C=O) groups is 2. The van der Waals surface area contributed by atoms with Gasteiger partial charge in [-0.3, -0.25) is 18.6 Å². The zero-order valence-corrected chi connectivity index (χ0v) is 26.1. The lowest BCUT2D eigenvalue weighted by molar-refractivity contribution is -0.119. The number of hydrogen-bond donors (Lipinski definition) is 0. The van der Waals surface area contributed by atoms with Crippen LogP contribution in [0.1, 0.15) is 32.2 Å². The highest BCUT2D eigenvalue weighted by molar-refractivity contribution is 6.39. The Balaban J connectivity index is 1.73. The second-order valence-electron chi connectivity index (χ2n) is 12.1. The lowest BCUT2D eigenvalue weighted by Crippen LogP contribution is -2.40. The van der Waals surface area contributed by atoms with Gasteiger partial charge in [-0.25, -0.2) is 9.88 Å². The van der Waals surface area contributed by atoms with E-state index in [4.69, 9.17) is 9.40 Å². The van der Waals surface area contributed by atoms with Gasteiger partial charge in [0, 0.05) is 17.7 Å². The van der Waals surface area contributed by atoms with Gasteiger partial charge in [-0.15, -0.1) is 0 Å². The van der Waals surface area contributed by atoms with Gasteiger partial charge in [0.15, 0.2) is 0 Å². The zero-order chi connectivity index (χ0) is 31.0. The number of imide groups is 1. The molecule has 0 N–H and O–H groups in total. The molecule has 0 radical (unpaired) electrons. The number of nitrogens with zero attached hydrogens (tertiary/aromatic N) is 4. The summed E-state index contributed by atoms with van der Waals surface area (Å²) < 4.78 is 7.37. The number of quaternary nitrogens is 2. The van der Waals surface area contributed by atoms with Crippen LogP contribution in [-0.2, 0) is 9.59 Å². The van der Waals surface area contributed by atoms with Crippen molar-refractivity contribution in [1.82, 2.24) is 14.0 Å². The molecular formula is C35H42N4O3+2. The molecule has 3 aromatic rings. The van der Waals surface area contributed by atoms with Crippen molar-refractivity contribution in [3.63, 3.8) is 0 Å². The molecule has 0 spiro atoms. The first kappa shape index (κ1) is 30.6. The Morgan fingerprint density at radius 2 is 1.29 bits per heavy atom. The molecule has 7 heteroatoms. The molecule has 2 aromatic carbocycles. The van der Waals surface area contributed by atoms with Crippen LogP contribution < -0.4 is 13.9 Å². The van der Waals surface area contributed by atoms with Crippen LogP contribution in [0, 0.1) is 6.92 Å². The highest BCUT2D eigenvalue weighted by Gasteiger charge is 2.42. The minimum atomic E-state index is -0.364. The van der Waals surface area contributed by atoms with Crippen molar-refractivity contribution in [2.24, 2.45) is 0 Å². The number of aromatic nitrogens is 1. The molecule has 1 aliphatic heterocycles. The van der Waals surface area contributed by atoms with Crippen LogP contribution in [0.2, 0.25) is 0 Å². The molecule has 1 saturated heterocycles. The Bertz CT molecular complexity index is 1610. The molecule has 0 saturated carbocycles. The quantitative estimate of drug-likeness (QED) is 0.123. The molecular weight excluding hydrogens is 524 g/mol. The number of hydrogen-bond acceptors (Lipinski definition) is 4. The molecule has 0 bridgehead atoms. The first-order chi connectivity index (χ1) is 19.7. The van der Waals surface area contributed by atoms with E-state index < -0.39 is 0 Å². The van der Waals surface area contributed by atoms with Gasteiger partial charge in [-0.1, -0.05) is 18.7 Å². The van der Waals surface area contributed by atoms with Crippen LogP contribution in [0.3, 0.4) is 0 Å². The maximum absolute atomic E-state index is 13.9. The predicted molar refractivity (Wildman–Crippen MR) is 174 cm³/mol. The first-order valence-corrected chi connectivity index (χ1v) is 14.1. The molecule has 1 aromatic heterocycles. The van der Waals surface area contributed by atoms with Gasteiger partial charge in [0.1, 0.15) is 35.9 Å². The van der Waals surface area contributed by atoms with Gasteiger partial charge in [-0.05, 0) is 81.8 Å². The van der Waals surface area contributed by atoms with Crippen molar-refractivity contribution in [3.05, 3.63) is 102 Å². The van der Waals surface area contributed by atoms with Crippen molar-refractivity contribution >= 4 is 34.4 Å². The van der Waals surface area contributed by atoms with Crippen LogP contribution in [0.5, 0.6) is 0 Å². The first-order valence-electron chi connectivity index (χ1n) is 14.1. The monoisotopic (exact) mass is 566 g/mol. The van der Waals surface area contributed by atoms with Crippen molar-refractivity contribution in [3.8, 4) is 11.5 Å². The molecule has 2 heterocycles. The van der Waals surface area contributed by atoms with Gasteiger partial charge in [0.25, 0.3) is 11.8 Å². The predicted octanol–water partition coefficient (Wildman–Crippen LogP) is 6.84. The molecule has 2 amide bonds. The number of allylic oxidation sites excluding steroid dienone is 2. The van der Waals surface area contributed by atoms with Crippen molar-refractivity contribution < 1.29 is 14.0 Å². The van der Waals surface area contributed by atoms with E-state index in [1.54, 1.807) is 0 Å². The van der Waals surface area contributed by atoms with E-state index in [0.717, 1.165) is 35.6 Å². The van der Waals surface area contributed by atoms with E-state index in [-0.39, 0.29) is 11.8 Å². The third kappa shape index (κ3) is 5.58. The summed E-state index contributed by atoms with van der Waals surface area (Å²) in [7, 11) is 8.42.